The zero-order chi connectivity index (χ0) is 14.7. The van der Waals surface area contributed by atoms with Crippen LogP contribution in [-0.2, 0) is 16.1 Å². The number of aryl methyl sites for hydroxylation is 2. The van der Waals surface area contributed by atoms with E-state index in [1.54, 1.807) is 4.68 Å². The number of ether oxygens (including phenoxy) is 1. The van der Waals surface area contributed by atoms with E-state index >= 15 is 0 Å². The number of rotatable bonds is 5. The maximum Gasteiger partial charge on any atom is 0.222 e. The first-order chi connectivity index (χ1) is 9.49. The molecule has 5 nitrogen and oxygen atoms in total. The summed E-state index contributed by atoms with van der Waals surface area (Å²) in [6.45, 7) is 7.12. The quantitative estimate of drug-likeness (QED) is 0.907. The molecule has 1 amide bonds. The normalized spacial score (nSPS) is 20.1. The minimum atomic E-state index is 0.0247. The number of halogens is 1. The van der Waals surface area contributed by atoms with E-state index in [1.165, 1.54) is 0 Å². The minimum Gasteiger partial charge on any atom is -0.376 e. The highest BCUT2D eigenvalue weighted by atomic mass is 35.5. The second-order valence-electron chi connectivity index (χ2n) is 5.37. The lowest BCUT2D eigenvalue weighted by Crippen LogP contribution is -2.41. The Hall–Kier alpha value is -1.07. The van der Waals surface area contributed by atoms with Gasteiger partial charge in [0.2, 0.25) is 5.91 Å². The predicted molar refractivity (Wildman–Crippen MR) is 77.9 cm³/mol. The van der Waals surface area contributed by atoms with Gasteiger partial charge in [-0.05, 0) is 33.6 Å². The molecule has 2 heterocycles. The van der Waals surface area contributed by atoms with Crippen molar-refractivity contribution in [3.8, 4) is 0 Å². The fraction of sp³-hybridized carbons (Fsp3) is 0.714. The van der Waals surface area contributed by atoms with Crippen molar-refractivity contribution < 1.29 is 9.53 Å². The Kier molecular flexibility index (Phi) is 5.05. The van der Waals surface area contributed by atoms with Crippen LogP contribution in [0.5, 0.6) is 0 Å². The van der Waals surface area contributed by atoms with Crippen LogP contribution in [0.1, 0.15) is 37.6 Å². The Morgan fingerprint density at radius 2 is 2.35 bits per heavy atom. The van der Waals surface area contributed by atoms with Gasteiger partial charge in [-0.15, -0.1) is 0 Å². The number of amides is 1. The Morgan fingerprint density at radius 3 is 2.90 bits per heavy atom. The summed E-state index contributed by atoms with van der Waals surface area (Å²) in [5, 5.41) is 7.99. The summed E-state index contributed by atoms with van der Waals surface area (Å²) >= 11 is 6.08. The molecule has 0 unspecified atom stereocenters. The van der Waals surface area contributed by atoms with Crippen molar-refractivity contribution in [2.45, 2.75) is 58.7 Å². The van der Waals surface area contributed by atoms with Crippen LogP contribution in [-0.4, -0.2) is 34.4 Å². The molecule has 6 heteroatoms. The van der Waals surface area contributed by atoms with Crippen LogP contribution in [0.15, 0.2) is 0 Å². The van der Waals surface area contributed by atoms with Crippen molar-refractivity contribution in [1.82, 2.24) is 15.1 Å². The van der Waals surface area contributed by atoms with Crippen LogP contribution in [0.4, 0.5) is 0 Å². The van der Waals surface area contributed by atoms with E-state index in [-0.39, 0.29) is 18.1 Å². The van der Waals surface area contributed by atoms with Crippen molar-refractivity contribution >= 4 is 17.5 Å². The summed E-state index contributed by atoms with van der Waals surface area (Å²) in [6, 6.07) is 0.0639. The lowest BCUT2D eigenvalue weighted by molar-refractivity contribution is -0.122. The molecular weight excluding hydrogens is 278 g/mol. The monoisotopic (exact) mass is 299 g/mol. The molecule has 0 radical (unpaired) electrons. The second-order valence-corrected chi connectivity index (χ2v) is 5.74. The molecule has 1 aromatic heterocycles. The maximum absolute atomic E-state index is 11.9. The topological polar surface area (TPSA) is 56.2 Å². The molecule has 0 saturated carbocycles. The van der Waals surface area contributed by atoms with Gasteiger partial charge in [0.15, 0.2) is 0 Å². The Balaban J connectivity index is 1.81. The van der Waals surface area contributed by atoms with Crippen LogP contribution >= 0.6 is 11.6 Å². The second kappa shape index (κ2) is 6.59. The van der Waals surface area contributed by atoms with Gasteiger partial charge >= 0.3 is 0 Å². The SMILES string of the molecule is Cc1nn(CCC(=O)N[C@H](C)[C@@H]2CCCO2)c(C)c1Cl. The van der Waals surface area contributed by atoms with E-state index in [0.29, 0.717) is 18.0 Å². The van der Waals surface area contributed by atoms with Crippen LogP contribution in [0.2, 0.25) is 5.02 Å². The fourth-order valence-corrected chi connectivity index (χ4v) is 2.65. The van der Waals surface area contributed by atoms with E-state index in [0.717, 1.165) is 30.8 Å². The molecule has 0 bridgehead atoms. The van der Waals surface area contributed by atoms with Crippen molar-refractivity contribution in [1.29, 1.82) is 0 Å². The van der Waals surface area contributed by atoms with Gasteiger partial charge in [-0.1, -0.05) is 11.6 Å². The van der Waals surface area contributed by atoms with Crippen LogP contribution in [0, 0.1) is 13.8 Å². The first-order valence-electron chi connectivity index (χ1n) is 7.09. The van der Waals surface area contributed by atoms with Gasteiger partial charge in [0.1, 0.15) is 0 Å². The minimum absolute atomic E-state index is 0.0247. The molecule has 0 aromatic carbocycles. The highest BCUT2D eigenvalue weighted by Gasteiger charge is 2.23. The molecule has 20 heavy (non-hydrogen) atoms. The van der Waals surface area contributed by atoms with Crippen molar-refractivity contribution in [2.75, 3.05) is 6.61 Å². The molecular formula is C14H22ClN3O2. The molecule has 0 aliphatic carbocycles. The fourth-order valence-electron chi connectivity index (χ4n) is 2.52. The van der Waals surface area contributed by atoms with E-state index < -0.39 is 0 Å². The van der Waals surface area contributed by atoms with Crippen molar-refractivity contribution in [3.63, 3.8) is 0 Å². The number of carbonyl (C=O) groups is 1. The van der Waals surface area contributed by atoms with Gasteiger partial charge in [-0.25, -0.2) is 0 Å². The van der Waals surface area contributed by atoms with Gasteiger partial charge in [0.05, 0.1) is 35.1 Å². The zero-order valence-electron chi connectivity index (χ0n) is 12.3. The zero-order valence-corrected chi connectivity index (χ0v) is 13.0. The van der Waals surface area contributed by atoms with Gasteiger partial charge in [-0.2, -0.15) is 5.10 Å². The summed E-state index contributed by atoms with van der Waals surface area (Å²) in [6.07, 6.45) is 2.65. The van der Waals surface area contributed by atoms with Gasteiger partial charge in [0.25, 0.3) is 0 Å². The molecule has 1 aliphatic heterocycles. The molecule has 2 rings (SSSR count). The number of aromatic nitrogens is 2. The Bertz CT molecular complexity index is 481. The van der Waals surface area contributed by atoms with E-state index in [1.807, 2.05) is 20.8 Å². The smallest absolute Gasteiger partial charge is 0.222 e. The lowest BCUT2D eigenvalue weighted by atomic mass is 10.1. The molecule has 112 valence electrons. The van der Waals surface area contributed by atoms with E-state index in [2.05, 4.69) is 10.4 Å². The maximum atomic E-state index is 11.9. The molecule has 1 N–H and O–H groups in total. The highest BCUT2D eigenvalue weighted by Crippen LogP contribution is 2.19. The molecule has 1 saturated heterocycles. The van der Waals surface area contributed by atoms with Gasteiger partial charge in [0, 0.05) is 13.0 Å². The average Bonchev–Trinajstić information content (AvgIpc) is 3.02. The molecule has 0 spiro atoms. The average molecular weight is 300 g/mol. The van der Waals surface area contributed by atoms with Crippen LogP contribution in [0.3, 0.4) is 0 Å². The number of carbonyl (C=O) groups excluding carboxylic acids is 1. The predicted octanol–water partition coefficient (Wildman–Crippen LogP) is 2.23. The highest BCUT2D eigenvalue weighted by molar-refractivity contribution is 6.31. The first kappa shape index (κ1) is 15.3. The number of nitrogens with one attached hydrogen (secondary N) is 1. The van der Waals surface area contributed by atoms with Crippen molar-refractivity contribution in [2.24, 2.45) is 0 Å². The summed E-state index contributed by atoms with van der Waals surface area (Å²) < 4.78 is 7.35. The number of nitrogens with zero attached hydrogens (tertiary/aromatic N) is 2. The van der Waals surface area contributed by atoms with Crippen molar-refractivity contribution in [3.05, 3.63) is 16.4 Å². The lowest BCUT2D eigenvalue weighted by Gasteiger charge is -2.20. The molecule has 2 atom stereocenters. The third kappa shape index (κ3) is 3.52. The molecule has 1 aromatic rings. The third-order valence-electron chi connectivity index (χ3n) is 3.76. The number of hydrogen-bond donors (Lipinski definition) is 1. The summed E-state index contributed by atoms with van der Waals surface area (Å²) in [5.41, 5.74) is 1.71. The largest absolute Gasteiger partial charge is 0.376 e. The Morgan fingerprint density at radius 1 is 1.60 bits per heavy atom. The van der Waals surface area contributed by atoms with Crippen LogP contribution < -0.4 is 5.32 Å². The van der Waals surface area contributed by atoms with E-state index in [9.17, 15) is 4.79 Å². The number of hydrogen-bond acceptors (Lipinski definition) is 3. The molecule has 1 aliphatic rings. The summed E-state index contributed by atoms with van der Waals surface area (Å²) in [5.74, 6) is 0.0247. The first-order valence-corrected chi connectivity index (χ1v) is 7.47. The summed E-state index contributed by atoms with van der Waals surface area (Å²) in [7, 11) is 0. The standard InChI is InChI=1S/C14H22ClN3O2/c1-9(12-5-4-8-20-12)16-13(19)6-7-18-11(3)14(15)10(2)17-18/h9,12H,4-8H2,1-3H3,(H,16,19)/t9-,12+/m1/s1. The van der Waals surface area contributed by atoms with E-state index in [4.69, 9.17) is 16.3 Å². The Labute approximate surface area is 124 Å². The summed E-state index contributed by atoms with van der Waals surface area (Å²) in [4.78, 5) is 11.9. The molecule has 1 fully saturated rings. The van der Waals surface area contributed by atoms with Gasteiger partial charge in [-0.3, -0.25) is 9.48 Å². The van der Waals surface area contributed by atoms with Crippen LogP contribution in [0.25, 0.3) is 0 Å². The van der Waals surface area contributed by atoms with Gasteiger partial charge < -0.3 is 10.1 Å². The third-order valence-corrected chi connectivity index (χ3v) is 4.30.